The first-order valence-electron chi connectivity index (χ1n) is 10.3. The summed E-state index contributed by atoms with van der Waals surface area (Å²) >= 11 is 6.06. The molecular formula is C26H22ClNO2. The minimum atomic E-state index is -0.485. The fourth-order valence-electron chi connectivity index (χ4n) is 4.83. The molecule has 0 saturated heterocycles. The standard InChI is InChI=1S/C26H22ClNO2/c1-2-24(29)19-7-5-6-17(14-19)16-28-23-9-4-3-8-21(23)26(25(28)30)15-22(26)18-10-12-20(27)13-11-18/h3-14,22H,2,15-16H2,1H3/t22-,26-/m0/s1. The van der Waals surface area contributed by atoms with Gasteiger partial charge in [-0.05, 0) is 47.4 Å². The van der Waals surface area contributed by atoms with E-state index in [0.717, 1.165) is 28.8 Å². The number of ketones is 1. The lowest BCUT2D eigenvalue weighted by Crippen LogP contribution is -2.32. The lowest BCUT2D eigenvalue weighted by Gasteiger charge is -2.19. The molecule has 0 radical (unpaired) electrons. The van der Waals surface area contributed by atoms with Crippen LogP contribution < -0.4 is 4.90 Å². The maximum absolute atomic E-state index is 13.7. The van der Waals surface area contributed by atoms with Crippen molar-refractivity contribution in [1.82, 2.24) is 0 Å². The third-order valence-corrected chi connectivity index (χ3v) is 6.70. The third kappa shape index (κ3) is 2.88. The molecule has 3 aromatic carbocycles. The molecule has 2 aliphatic rings. The van der Waals surface area contributed by atoms with E-state index in [1.165, 1.54) is 0 Å². The zero-order valence-corrected chi connectivity index (χ0v) is 17.5. The number of amides is 1. The van der Waals surface area contributed by atoms with Crippen LogP contribution in [-0.2, 0) is 16.8 Å². The van der Waals surface area contributed by atoms with E-state index in [-0.39, 0.29) is 17.6 Å². The molecule has 1 fully saturated rings. The van der Waals surface area contributed by atoms with Gasteiger partial charge in [0.05, 0.1) is 12.0 Å². The maximum atomic E-state index is 13.7. The molecule has 1 spiro atoms. The van der Waals surface area contributed by atoms with Gasteiger partial charge < -0.3 is 4.90 Å². The van der Waals surface area contributed by atoms with Crippen LogP contribution in [0.3, 0.4) is 0 Å². The summed E-state index contributed by atoms with van der Waals surface area (Å²) in [6, 6.07) is 23.6. The van der Waals surface area contributed by atoms with Crippen LogP contribution in [0.2, 0.25) is 5.02 Å². The van der Waals surface area contributed by atoms with Gasteiger partial charge in [-0.15, -0.1) is 0 Å². The predicted molar refractivity (Wildman–Crippen MR) is 119 cm³/mol. The second-order valence-electron chi connectivity index (χ2n) is 8.17. The summed E-state index contributed by atoms with van der Waals surface area (Å²) in [4.78, 5) is 27.7. The molecule has 0 bridgehead atoms. The van der Waals surface area contributed by atoms with E-state index in [1.807, 2.05) is 78.6 Å². The summed E-state index contributed by atoms with van der Waals surface area (Å²) in [5.41, 5.74) is 4.43. The summed E-state index contributed by atoms with van der Waals surface area (Å²) < 4.78 is 0. The lowest BCUT2D eigenvalue weighted by atomic mass is 9.92. The first-order chi connectivity index (χ1) is 14.5. The first-order valence-corrected chi connectivity index (χ1v) is 10.7. The zero-order chi connectivity index (χ0) is 20.9. The molecule has 1 heterocycles. The topological polar surface area (TPSA) is 37.4 Å². The highest BCUT2D eigenvalue weighted by Crippen LogP contribution is 2.66. The van der Waals surface area contributed by atoms with Gasteiger partial charge in [-0.25, -0.2) is 0 Å². The number of anilines is 1. The Kier molecular flexibility index (Phi) is 4.52. The van der Waals surface area contributed by atoms with Crippen LogP contribution in [-0.4, -0.2) is 11.7 Å². The van der Waals surface area contributed by atoms with Crippen molar-refractivity contribution >= 4 is 29.0 Å². The average molecular weight is 416 g/mol. The van der Waals surface area contributed by atoms with E-state index in [0.29, 0.717) is 23.6 Å². The molecule has 0 unspecified atom stereocenters. The van der Waals surface area contributed by atoms with Crippen LogP contribution >= 0.6 is 11.6 Å². The van der Waals surface area contributed by atoms with Crippen molar-refractivity contribution in [2.75, 3.05) is 4.90 Å². The highest BCUT2D eigenvalue weighted by molar-refractivity contribution is 6.30. The quantitative estimate of drug-likeness (QED) is 0.486. The van der Waals surface area contributed by atoms with Crippen molar-refractivity contribution in [2.45, 2.75) is 37.6 Å². The fourth-order valence-corrected chi connectivity index (χ4v) is 4.96. The third-order valence-electron chi connectivity index (χ3n) is 6.45. The van der Waals surface area contributed by atoms with Crippen LogP contribution in [0.5, 0.6) is 0 Å². The molecule has 4 heteroatoms. The Morgan fingerprint density at radius 1 is 1.07 bits per heavy atom. The van der Waals surface area contributed by atoms with Crippen LogP contribution in [0.4, 0.5) is 5.69 Å². The molecule has 0 N–H and O–H groups in total. The van der Waals surface area contributed by atoms with Crippen molar-refractivity contribution in [3.8, 4) is 0 Å². The number of para-hydroxylation sites is 1. The van der Waals surface area contributed by atoms with E-state index < -0.39 is 5.41 Å². The Morgan fingerprint density at radius 2 is 1.83 bits per heavy atom. The molecule has 2 atom stereocenters. The Bertz CT molecular complexity index is 1150. The molecule has 0 aromatic heterocycles. The average Bonchev–Trinajstić information content (AvgIpc) is 3.49. The Hall–Kier alpha value is -2.91. The minimum absolute atomic E-state index is 0.117. The van der Waals surface area contributed by atoms with Crippen LogP contribution in [0.1, 0.15) is 52.7 Å². The largest absolute Gasteiger partial charge is 0.307 e. The molecule has 150 valence electrons. The number of benzene rings is 3. The summed E-state index contributed by atoms with van der Waals surface area (Å²) in [5, 5.41) is 0.703. The minimum Gasteiger partial charge on any atom is -0.307 e. The van der Waals surface area contributed by atoms with Crippen LogP contribution in [0.15, 0.2) is 72.8 Å². The van der Waals surface area contributed by atoms with Gasteiger partial charge in [-0.3, -0.25) is 9.59 Å². The number of halogens is 1. The first kappa shape index (κ1) is 19.1. The Labute approximate surface area is 181 Å². The van der Waals surface area contributed by atoms with E-state index >= 15 is 0 Å². The number of carbonyl (C=O) groups excluding carboxylic acids is 2. The van der Waals surface area contributed by atoms with Crippen LogP contribution in [0, 0.1) is 0 Å². The number of carbonyl (C=O) groups is 2. The van der Waals surface area contributed by atoms with Crippen LogP contribution in [0.25, 0.3) is 0 Å². The molecule has 3 aromatic rings. The summed E-state index contributed by atoms with van der Waals surface area (Å²) in [7, 11) is 0. The molecular weight excluding hydrogens is 394 g/mol. The normalized spacial score (nSPS) is 21.7. The van der Waals surface area contributed by atoms with Gasteiger partial charge in [-0.2, -0.15) is 0 Å². The molecule has 1 saturated carbocycles. The van der Waals surface area contributed by atoms with Gasteiger partial charge in [0.15, 0.2) is 5.78 Å². The number of Topliss-reactive ketones (excluding diaryl/α,β-unsaturated/α-hetero) is 1. The molecule has 1 amide bonds. The maximum Gasteiger partial charge on any atom is 0.238 e. The van der Waals surface area contributed by atoms with Gasteiger partial charge in [0.25, 0.3) is 0 Å². The summed E-state index contributed by atoms with van der Waals surface area (Å²) in [5.74, 6) is 0.434. The van der Waals surface area contributed by atoms with Gasteiger partial charge >= 0.3 is 0 Å². The number of rotatable bonds is 5. The predicted octanol–water partition coefficient (Wildman–Crippen LogP) is 5.90. The van der Waals surface area contributed by atoms with Gasteiger partial charge in [-0.1, -0.05) is 67.1 Å². The van der Waals surface area contributed by atoms with Gasteiger partial charge in [0.2, 0.25) is 5.91 Å². The van der Waals surface area contributed by atoms with Crippen molar-refractivity contribution < 1.29 is 9.59 Å². The number of hydrogen-bond acceptors (Lipinski definition) is 2. The SMILES string of the molecule is CCC(=O)c1cccc(CN2C(=O)[C@@]3(C[C@H]3c3ccc(Cl)cc3)c3ccccc32)c1. The second-order valence-corrected chi connectivity index (χ2v) is 8.60. The molecule has 3 nitrogen and oxygen atoms in total. The van der Waals surface area contributed by atoms with E-state index in [1.54, 1.807) is 0 Å². The summed E-state index contributed by atoms with van der Waals surface area (Å²) in [6.07, 6.45) is 1.29. The van der Waals surface area contributed by atoms with Crippen molar-refractivity contribution in [3.63, 3.8) is 0 Å². The number of fused-ring (bicyclic) bond motifs is 2. The summed E-state index contributed by atoms with van der Waals surface area (Å²) in [6.45, 7) is 2.33. The van der Waals surface area contributed by atoms with E-state index in [2.05, 4.69) is 6.07 Å². The van der Waals surface area contributed by atoms with Gasteiger partial charge in [0.1, 0.15) is 0 Å². The van der Waals surface area contributed by atoms with Crippen molar-refractivity contribution in [2.24, 2.45) is 0 Å². The number of nitrogens with zero attached hydrogens (tertiary/aromatic N) is 1. The van der Waals surface area contributed by atoms with E-state index in [4.69, 9.17) is 11.6 Å². The molecule has 1 aliphatic carbocycles. The molecule has 1 aliphatic heterocycles. The highest BCUT2D eigenvalue weighted by atomic mass is 35.5. The number of hydrogen-bond donors (Lipinski definition) is 0. The van der Waals surface area contributed by atoms with E-state index in [9.17, 15) is 9.59 Å². The Balaban J connectivity index is 1.49. The van der Waals surface area contributed by atoms with Crippen molar-refractivity contribution in [3.05, 3.63) is 100 Å². The zero-order valence-electron chi connectivity index (χ0n) is 16.8. The second kappa shape index (κ2) is 7.10. The molecule has 5 rings (SSSR count). The lowest BCUT2D eigenvalue weighted by molar-refractivity contribution is -0.120. The monoisotopic (exact) mass is 415 g/mol. The van der Waals surface area contributed by atoms with Gasteiger partial charge in [0, 0.05) is 28.6 Å². The fraction of sp³-hybridized carbons (Fsp3) is 0.231. The Morgan fingerprint density at radius 3 is 2.60 bits per heavy atom. The smallest absolute Gasteiger partial charge is 0.238 e. The highest BCUT2D eigenvalue weighted by Gasteiger charge is 2.66. The molecule has 30 heavy (non-hydrogen) atoms. The van der Waals surface area contributed by atoms with Crippen molar-refractivity contribution in [1.29, 1.82) is 0 Å².